The van der Waals surface area contributed by atoms with Crippen LogP contribution in [0.25, 0.3) is 0 Å². The van der Waals surface area contributed by atoms with E-state index in [-0.39, 0.29) is 23.9 Å². The van der Waals surface area contributed by atoms with Gasteiger partial charge in [-0.2, -0.15) is 0 Å². The Morgan fingerprint density at radius 3 is 2.88 bits per heavy atom. The predicted octanol–water partition coefficient (Wildman–Crippen LogP) is 2.26. The lowest BCUT2D eigenvalue weighted by Gasteiger charge is -2.25. The Kier molecular flexibility index (Phi) is 4.88. The molecule has 2 N–H and O–H groups in total. The number of rotatable bonds is 5. The van der Waals surface area contributed by atoms with Crippen LogP contribution >= 0.6 is 0 Å². The summed E-state index contributed by atoms with van der Waals surface area (Å²) in [4.78, 5) is 23.4. The van der Waals surface area contributed by atoms with E-state index in [2.05, 4.69) is 5.32 Å². The Balaban J connectivity index is 1.60. The van der Waals surface area contributed by atoms with Crippen molar-refractivity contribution in [3.8, 4) is 11.5 Å². The minimum absolute atomic E-state index is 0.109. The minimum atomic E-state index is -0.985. The number of amides is 1. The Morgan fingerprint density at radius 1 is 1.28 bits per heavy atom. The zero-order valence-electron chi connectivity index (χ0n) is 13.8. The van der Waals surface area contributed by atoms with Gasteiger partial charge in [0.05, 0.1) is 18.6 Å². The first-order valence-electron chi connectivity index (χ1n) is 7.96. The Morgan fingerprint density at radius 2 is 2.12 bits per heavy atom. The lowest BCUT2D eigenvalue weighted by Crippen LogP contribution is -2.37. The fourth-order valence-electron chi connectivity index (χ4n) is 2.80. The van der Waals surface area contributed by atoms with Crippen molar-refractivity contribution in [1.82, 2.24) is 5.32 Å². The fourth-order valence-corrected chi connectivity index (χ4v) is 2.80. The number of methoxy groups -OCH3 is 1. The second kappa shape index (κ2) is 7.25. The number of benzene rings is 2. The van der Waals surface area contributed by atoms with Crippen molar-refractivity contribution < 1.29 is 24.2 Å². The van der Waals surface area contributed by atoms with Gasteiger partial charge in [0.15, 0.2) is 0 Å². The van der Waals surface area contributed by atoms with Gasteiger partial charge in [-0.05, 0) is 35.7 Å². The number of carbonyl (C=O) groups is 2. The van der Waals surface area contributed by atoms with Gasteiger partial charge in [0.2, 0.25) is 5.91 Å². The quantitative estimate of drug-likeness (QED) is 0.871. The zero-order chi connectivity index (χ0) is 17.8. The van der Waals surface area contributed by atoms with Crippen LogP contribution in [0.1, 0.15) is 21.5 Å². The summed E-state index contributed by atoms with van der Waals surface area (Å²) in [6, 6.07) is 12.1. The number of fused-ring (bicyclic) bond motifs is 1. The molecule has 3 rings (SSSR count). The number of aromatic carboxylic acids is 1. The minimum Gasteiger partial charge on any atom is -0.497 e. The number of carboxylic acids is 1. The molecule has 0 aliphatic carbocycles. The van der Waals surface area contributed by atoms with Crippen molar-refractivity contribution in [2.75, 3.05) is 13.7 Å². The van der Waals surface area contributed by atoms with Crippen LogP contribution in [0.15, 0.2) is 42.5 Å². The third kappa shape index (κ3) is 3.91. The third-order valence-corrected chi connectivity index (χ3v) is 4.19. The average molecular weight is 341 g/mol. The number of carboxylic acid groups (broad SMARTS) is 1. The molecule has 2 aromatic carbocycles. The Labute approximate surface area is 145 Å². The van der Waals surface area contributed by atoms with E-state index in [1.165, 1.54) is 6.07 Å². The molecule has 0 bridgehead atoms. The standard InChI is InChI=1S/C19H19NO5/c1-24-16-6-5-13-8-15(11-25-17(13)9-16)18(21)20-10-12-3-2-4-14(7-12)19(22)23/h2-7,9,15H,8,10-11H2,1H3,(H,20,21)(H,22,23). The van der Waals surface area contributed by atoms with Crippen LogP contribution < -0.4 is 14.8 Å². The summed E-state index contributed by atoms with van der Waals surface area (Å²) < 4.78 is 10.9. The van der Waals surface area contributed by atoms with Gasteiger partial charge in [-0.1, -0.05) is 18.2 Å². The molecule has 130 valence electrons. The third-order valence-electron chi connectivity index (χ3n) is 4.19. The first kappa shape index (κ1) is 16.8. The van der Waals surface area contributed by atoms with Crippen LogP contribution in [0.4, 0.5) is 0 Å². The van der Waals surface area contributed by atoms with Gasteiger partial charge in [-0.3, -0.25) is 4.79 Å². The normalized spacial score (nSPS) is 15.6. The smallest absolute Gasteiger partial charge is 0.335 e. The molecule has 2 aromatic rings. The molecule has 6 heteroatoms. The maximum Gasteiger partial charge on any atom is 0.335 e. The molecule has 1 amide bonds. The van der Waals surface area contributed by atoms with Gasteiger partial charge in [0.1, 0.15) is 18.1 Å². The van der Waals surface area contributed by atoms with Gasteiger partial charge in [0.25, 0.3) is 0 Å². The number of nitrogens with one attached hydrogen (secondary N) is 1. The molecule has 0 saturated carbocycles. The largest absolute Gasteiger partial charge is 0.497 e. The van der Waals surface area contributed by atoms with E-state index in [1.807, 2.05) is 18.2 Å². The first-order valence-corrected chi connectivity index (χ1v) is 7.96. The monoisotopic (exact) mass is 341 g/mol. The van der Waals surface area contributed by atoms with Crippen molar-refractivity contribution in [2.45, 2.75) is 13.0 Å². The summed E-state index contributed by atoms with van der Waals surface area (Å²) in [5.41, 5.74) is 1.92. The highest BCUT2D eigenvalue weighted by Gasteiger charge is 2.26. The van der Waals surface area contributed by atoms with Crippen LogP contribution in [0.5, 0.6) is 11.5 Å². The second-order valence-electron chi connectivity index (χ2n) is 5.91. The van der Waals surface area contributed by atoms with Crippen molar-refractivity contribution in [2.24, 2.45) is 5.92 Å². The lowest BCUT2D eigenvalue weighted by atomic mass is 9.96. The van der Waals surface area contributed by atoms with E-state index < -0.39 is 5.97 Å². The van der Waals surface area contributed by atoms with Crippen molar-refractivity contribution in [3.63, 3.8) is 0 Å². The topological polar surface area (TPSA) is 84.9 Å². The van der Waals surface area contributed by atoms with Crippen molar-refractivity contribution in [1.29, 1.82) is 0 Å². The SMILES string of the molecule is COc1ccc2c(c1)OCC(C(=O)NCc1cccc(C(=O)O)c1)C2. The van der Waals surface area contributed by atoms with E-state index in [4.69, 9.17) is 14.6 Å². The Bertz CT molecular complexity index is 802. The van der Waals surface area contributed by atoms with E-state index in [0.29, 0.717) is 13.0 Å². The summed E-state index contributed by atoms with van der Waals surface area (Å²) in [5.74, 6) is 0.101. The highest BCUT2D eigenvalue weighted by atomic mass is 16.5. The molecular formula is C19H19NO5. The van der Waals surface area contributed by atoms with Crippen molar-refractivity contribution >= 4 is 11.9 Å². The number of hydrogen-bond donors (Lipinski definition) is 2. The molecule has 1 heterocycles. The second-order valence-corrected chi connectivity index (χ2v) is 5.91. The lowest BCUT2D eigenvalue weighted by molar-refractivity contribution is -0.126. The summed E-state index contributed by atoms with van der Waals surface area (Å²) >= 11 is 0. The highest BCUT2D eigenvalue weighted by Crippen LogP contribution is 2.31. The molecule has 0 saturated heterocycles. The zero-order valence-corrected chi connectivity index (χ0v) is 13.8. The van der Waals surface area contributed by atoms with Gasteiger partial charge < -0.3 is 19.9 Å². The molecular weight excluding hydrogens is 322 g/mol. The number of ether oxygens (including phenoxy) is 2. The molecule has 6 nitrogen and oxygen atoms in total. The molecule has 0 fully saturated rings. The predicted molar refractivity (Wildman–Crippen MR) is 90.9 cm³/mol. The number of carbonyl (C=O) groups excluding carboxylic acids is 1. The van der Waals surface area contributed by atoms with Gasteiger partial charge in [-0.25, -0.2) is 4.79 Å². The molecule has 0 radical (unpaired) electrons. The van der Waals surface area contributed by atoms with E-state index in [1.54, 1.807) is 25.3 Å². The molecule has 1 atom stereocenters. The molecule has 25 heavy (non-hydrogen) atoms. The van der Waals surface area contributed by atoms with Gasteiger partial charge in [-0.15, -0.1) is 0 Å². The first-order chi connectivity index (χ1) is 12.1. The van der Waals surface area contributed by atoms with Crippen LogP contribution in [0.2, 0.25) is 0 Å². The van der Waals surface area contributed by atoms with Gasteiger partial charge in [0, 0.05) is 12.6 Å². The maximum absolute atomic E-state index is 12.4. The van der Waals surface area contributed by atoms with Crippen LogP contribution in [0.3, 0.4) is 0 Å². The van der Waals surface area contributed by atoms with E-state index in [9.17, 15) is 9.59 Å². The van der Waals surface area contributed by atoms with E-state index in [0.717, 1.165) is 22.6 Å². The summed E-state index contributed by atoms with van der Waals surface area (Å²) in [6.07, 6.45) is 0.598. The average Bonchev–Trinajstić information content (AvgIpc) is 2.65. The summed E-state index contributed by atoms with van der Waals surface area (Å²) in [5, 5.41) is 11.9. The van der Waals surface area contributed by atoms with Crippen LogP contribution in [-0.4, -0.2) is 30.7 Å². The highest BCUT2D eigenvalue weighted by molar-refractivity contribution is 5.87. The summed E-state index contributed by atoms with van der Waals surface area (Å²) in [6.45, 7) is 0.590. The molecule has 0 aromatic heterocycles. The molecule has 0 spiro atoms. The molecule has 1 aliphatic heterocycles. The van der Waals surface area contributed by atoms with Crippen LogP contribution in [-0.2, 0) is 17.8 Å². The fraction of sp³-hybridized carbons (Fsp3) is 0.263. The molecule has 1 unspecified atom stereocenters. The van der Waals surface area contributed by atoms with Crippen molar-refractivity contribution in [3.05, 3.63) is 59.2 Å². The maximum atomic E-state index is 12.4. The van der Waals surface area contributed by atoms with E-state index >= 15 is 0 Å². The Hall–Kier alpha value is -3.02. The summed E-state index contributed by atoms with van der Waals surface area (Å²) in [7, 11) is 1.60. The molecule has 1 aliphatic rings. The number of hydrogen-bond acceptors (Lipinski definition) is 4. The van der Waals surface area contributed by atoms with Crippen LogP contribution in [0, 0.1) is 5.92 Å². The van der Waals surface area contributed by atoms with Gasteiger partial charge >= 0.3 is 5.97 Å².